The summed E-state index contributed by atoms with van der Waals surface area (Å²) in [6.07, 6.45) is -1.28. The van der Waals surface area contributed by atoms with Gasteiger partial charge in [0.15, 0.2) is 0 Å². The summed E-state index contributed by atoms with van der Waals surface area (Å²) in [5, 5.41) is 0.933. The van der Waals surface area contributed by atoms with Crippen LogP contribution in [0.25, 0.3) is 0 Å². The number of benzene rings is 3. The Kier molecular flexibility index (Phi) is 8.49. The first-order chi connectivity index (χ1) is 20.3. The molecule has 0 radical (unpaired) electrons. The Morgan fingerprint density at radius 2 is 1.72 bits per heavy atom. The highest BCUT2D eigenvalue weighted by Gasteiger charge is 2.40. The van der Waals surface area contributed by atoms with Crippen molar-refractivity contribution in [1.82, 2.24) is 4.90 Å². The van der Waals surface area contributed by atoms with E-state index >= 15 is 0 Å². The predicted molar refractivity (Wildman–Crippen MR) is 162 cm³/mol. The number of methoxy groups -OCH3 is 1. The van der Waals surface area contributed by atoms with Gasteiger partial charge in [0.05, 0.1) is 29.4 Å². The second-order valence-corrected chi connectivity index (χ2v) is 12.3. The van der Waals surface area contributed by atoms with Crippen LogP contribution in [-0.4, -0.2) is 48.7 Å². The Balaban J connectivity index is 1.36. The quantitative estimate of drug-likeness (QED) is 0.298. The van der Waals surface area contributed by atoms with Crippen molar-refractivity contribution in [3.63, 3.8) is 0 Å². The van der Waals surface area contributed by atoms with Crippen LogP contribution in [0, 0.1) is 0 Å². The summed E-state index contributed by atoms with van der Waals surface area (Å²) >= 11 is 12.1. The van der Waals surface area contributed by atoms with Crippen LogP contribution in [0.4, 0.5) is 10.5 Å². The van der Waals surface area contributed by atoms with Crippen molar-refractivity contribution in [2.75, 3.05) is 19.1 Å². The molecule has 2 heterocycles. The smallest absolute Gasteiger partial charge is 0.411 e. The lowest BCUT2D eigenvalue weighted by Crippen LogP contribution is -2.50. The van der Waals surface area contributed by atoms with Gasteiger partial charge in [0.25, 0.3) is 5.91 Å². The Morgan fingerprint density at radius 3 is 2.37 bits per heavy atom. The number of hydrogen-bond acceptors (Lipinski definition) is 7. The molecule has 2 aliphatic heterocycles. The predicted octanol–water partition coefficient (Wildman–Crippen LogP) is 6.50. The lowest BCUT2D eigenvalue weighted by Gasteiger charge is -2.38. The monoisotopic (exact) mass is 626 g/mol. The molecule has 5 rings (SSSR count). The van der Waals surface area contributed by atoms with Crippen molar-refractivity contribution in [2.45, 2.75) is 58.1 Å². The Labute approximate surface area is 260 Å². The summed E-state index contributed by atoms with van der Waals surface area (Å²) in [6.45, 7) is 5.71. The van der Waals surface area contributed by atoms with Crippen molar-refractivity contribution < 1.29 is 33.3 Å². The number of fused-ring (bicyclic) bond motifs is 2. The first kappa shape index (κ1) is 30.5. The third-order valence-corrected chi connectivity index (χ3v) is 7.99. The molecule has 2 atom stereocenters. The number of hydrogen-bond donors (Lipinski definition) is 0. The molecule has 3 aromatic rings. The van der Waals surface area contributed by atoms with Crippen LogP contribution < -0.4 is 14.4 Å². The molecule has 0 spiro atoms. The molecule has 0 fully saturated rings. The van der Waals surface area contributed by atoms with E-state index in [0.717, 1.165) is 16.7 Å². The van der Waals surface area contributed by atoms with Crippen molar-refractivity contribution >= 4 is 46.9 Å². The zero-order valence-corrected chi connectivity index (χ0v) is 26.0. The maximum atomic E-state index is 13.4. The highest BCUT2D eigenvalue weighted by Crippen LogP contribution is 2.42. The number of nitrogens with zero attached hydrogens (tertiary/aromatic N) is 2. The maximum Gasteiger partial charge on any atom is 0.411 e. The lowest BCUT2D eigenvalue weighted by atomic mass is 9.92. The number of likely N-dealkylation sites (N-methyl/N-ethyl adjacent to an activating group) is 1. The van der Waals surface area contributed by atoms with Gasteiger partial charge in [0, 0.05) is 19.0 Å². The largest absolute Gasteiger partial charge is 0.489 e. The van der Waals surface area contributed by atoms with Crippen LogP contribution in [-0.2, 0) is 38.6 Å². The molecule has 9 nitrogen and oxygen atoms in total. The third-order valence-electron chi connectivity index (χ3n) is 7.25. The molecule has 11 heteroatoms. The van der Waals surface area contributed by atoms with Gasteiger partial charge in [0.1, 0.15) is 29.7 Å². The van der Waals surface area contributed by atoms with Gasteiger partial charge in [-0.3, -0.25) is 9.69 Å². The minimum Gasteiger partial charge on any atom is -0.489 e. The van der Waals surface area contributed by atoms with Gasteiger partial charge in [-0.15, -0.1) is 0 Å². The number of rotatable bonds is 5. The normalized spacial score (nSPS) is 17.9. The molecular weight excluding hydrogens is 595 g/mol. The highest BCUT2D eigenvalue weighted by atomic mass is 35.5. The first-order valence-electron chi connectivity index (χ1n) is 13.7. The number of halogens is 2. The standard InChI is InChI=1S/C32H32Cl2N2O7/c1-32(2,3)43-31(39)36-16-21-15-27-25(13-20(21)14-26(36)30(38)40-5)35(4)29(37)28(42-27)19-7-9-22(10-8-19)41-17-18-6-11-23(33)24(34)12-18/h6-13,15,26,28H,14,16-17H2,1-5H3/t26?,28-/m0/s1. The number of amides is 2. The summed E-state index contributed by atoms with van der Waals surface area (Å²) in [5.74, 6) is 0.321. The van der Waals surface area contributed by atoms with Gasteiger partial charge in [-0.25, -0.2) is 9.59 Å². The molecule has 2 amide bonds. The summed E-state index contributed by atoms with van der Waals surface area (Å²) in [4.78, 5) is 42.0. The molecule has 3 aromatic carbocycles. The van der Waals surface area contributed by atoms with Gasteiger partial charge in [0.2, 0.25) is 6.10 Å². The second-order valence-electron chi connectivity index (χ2n) is 11.4. The summed E-state index contributed by atoms with van der Waals surface area (Å²) in [7, 11) is 2.97. The maximum absolute atomic E-state index is 13.4. The van der Waals surface area contributed by atoms with Gasteiger partial charge >= 0.3 is 12.1 Å². The fourth-order valence-electron chi connectivity index (χ4n) is 5.04. The number of carbonyl (C=O) groups excluding carboxylic acids is 3. The molecule has 0 aliphatic carbocycles. The van der Waals surface area contributed by atoms with E-state index in [4.69, 9.17) is 42.1 Å². The molecule has 0 aromatic heterocycles. The molecule has 0 N–H and O–H groups in total. The molecule has 0 bridgehead atoms. The minimum absolute atomic E-state index is 0.119. The highest BCUT2D eigenvalue weighted by molar-refractivity contribution is 6.42. The number of ether oxygens (including phenoxy) is 4. The first-order valence-corrected chi connectivity index (χ1v) is 14.4. The molecule has 0 saturated heterocycles. The molecule has 226 valence electrons. The van der Waals surface area contributed by atoms with E-state index in [1.807, 2.05) is 18.2 Å². The number of esters is 1. The van der Waals surface area contributed by atoms with Gasteiger partial charge < -0.3 is 23.8 Å². The fraction of sp³-hybridized carbons (Fsp3) is 0.344. The van der Waals surface area contributed by atoms with E-state index in [1.54, 1.807) is 69.1 Å². The summed E-state index contributed by atoms with van der Waals surface area (Å²) in [5.41, 5.74) is 2.97. The van der Waals surface area contributed by atoms with Crippen molar-refractivity contribution in [2.24, 2.45) is 0 Å². The third kappa shape index (κ3) is 6.53. The average Bonchev–Trinajstić information content (AvgIpc) is 2.97. The zero-order valence-electron chi connectivity index (χ0n) is 24.5. The molecule has 1 unspecified atom stereocenters. The van der Waals surface area contributed by atoms with Crippen LogP contribution in [0.15, 0.2) is 54.6 Å². The SMILES string of the molecule is COC(=O)C1Cc2cc3c(cc2CN1C(=O)OC(C)(C)C)O[C@@H](c1ccc(OCc2ccc(Cl)c(Cl)c2)cc1)C(=O)N3C. The van der Waals surface area contributed by atoms with Gasteiger partial charge in [-0.2, -0.15) is 0 Å². The Morgan fingerprint density at radius 1 is 1.00 bits per heavy atom. The van der Waals surface area contributed by atoms with Crippen LogP contribution in [0.5, 0.6) is 11.5 Å². The van der Waals surface area contributed by atoms with E-state index in [9.17, 15) is 14.4 Å². The molecule has 0 saturated carbocycles. The van der Waals surface area contributed by atoms with Crippen LogP contribution in [0.2, 0.25) is 10.0 Å². The fourth-order valence-corrected chi connectivity index (χ4v) is 5.36. The molecule has 2 aliphatic rings. The second kappa shape index (κ2) is 12.0. The topological polar surface area (TPSA) is 94.6 Å². The lowest BCUT2D eigenvalue weighted by molar-refractivity contribution is -0.147. The van der Waals surface area contributed by atoms with Crippen molar-refractivity contribution in [3.8, 4) is 11.5 Å². The van der Waals surface area contributed by atoms with Gasteiger partial charge in [-0.1, -0.05) is 41.4 Å². The molecule has 43 heavy (non-hydrogen) atoms. The summed E-state index contributed by atoms with van der Waals surface area (Å²) < 4.78 is 22.7. The minimum atomic E-state index is -0.881. The van der Waals surface area contributed by atoms with Crippen molar-refractivity contribution in [1.29, 1.82) is 0 Å². The summed E-state index contributed by atoms with van der Waals surface area (Å²) in [6, 6.07) is 15.2. The van der Waals surface area contributed by atoms with E-state index in [2.05, 4.69) is 0 Å². The Bertz CT molecular complexity index is 1570. The van der Waals surface area contributed by atoms with Crippen LogP contribution in [0.3, 0.4) is 0 Å². The van der Waals surface area contributed by atoms with Gasteiger partial charge in [-0.05, 0) is 73.9 Å². The van der Waals surface area contributed by atoms with Crippen molar-refractivity contribution in [3.05, 3.63) is 86.9 Å². The van der Waals surface area contributed by atoms with E-state index in [-0.39, 0.29) is 18.9 Å². The van der Waals surface area contributed by atoms with Crippen LogP contribution in [0.1, 0.15) is 49.1 Å². The van der Waals surface area contributed by atoms with E-state index < -0.39 is 29.8 Å². The zero-order chi connectivity index (χ0) is 31.1. The average molecular weight is 628 g/mol. The van der Waals surface area contributed by atoms with E-state index in [1.165, 1.54) is 12.0 Å². The number of anilines is 1. The number of carbonyl (C=O) groups is 3. The van der Waals surface area contributed by atoms with E-state index in [0.29, 0.717) is 39.4 Å². The molecular formula is C32H32Cl2N2O7. The van der Waals surface area contributed by atoms with Crippen LogP contribution >= 0.6 is 23.2 Å². The Hall–Kier alpha value is -3.95.